The summed E-state index contributed by atoms with van der Waals surface area (Å²) in [5.74, 6) is 1.21. The minimum Gasteiger partial charge on any atom is -0.475 e. The fourth-order valence-corrected chi connectivity index (χ4v) is 3.27. The highest BCUT2D eigenvalue weighted by atomic mass is 16.5. The first kappa shape index (κ1) is 22.6. The maximum Gasteiger partial charge on any atom is 0.373 e. The van der Waals surface area contributed by atoms with Gasteiger partial charge in [-0.25, -0.2) is 24.7 Å². The van der Waals surface area contributed by atoms with Crippen molar-refractivity contribution in [1.29, 1.82) is 0 Å². The van der Waals surface area contributed by atoms with Crippen LogP contribution in [0.1, 0.15) is 51.2 Å². The number of aryl methyl sites for hydroxylation is 1. The van der Waals surface area contributed by atoms with Crippen LogP contribution in [-0.4, -0.2) is 54.2 Å². The number of carbonyl (C=O) groups excluding carboxylic acids is 3. The predicted molar refractivity (Wildman–Crippen MR) is 111 cm³/mol. The minimum atomic E-state index is -0.568. The van der Waals surface area contributed by atoms with Crippen LogP contribution in [0.3, 0.4) is 0 Å². The molecule has 0 aliphatic carbocycles. The number of hydrogen-bond donors (Lipinski definition) is 0. The molecule has 2 unspecified atom stereocenters. The third-order valence-corrected chi connectivity index (χ3v) is 4.78. The normalized spacial score (nSPS) is 18.5. The van der Waals surface area contributed by atoms with E-state index >= 15 is 0 Å². The van der Waals surface area contributed by atoms with Gasteiger partial charge in [0.05, 0.1) is 12.8 Å². The second kappa shape index (κ2) is 9.92. The summed E-state index contributed by atoms with van der Waals surface area (Å²) in [4.78, 5) is 45.4. The number of esters is 1. The van der Waals surface area contributed by atoms with Crippen molar-refractivity contribution < 1.29 is 37.4 Å². The molecule has 2 aliphatic heterocycles. The second-order valence-corrected chi connectivity index (χ2v) is 7.08. The number of rotatable bonds is 5. The van der Waals surface area contributed by atoms with E-state index in [9.17, 15) is 4.79 Å². The molecule has 0 N–H and O–H groups in total. The van der Waals surface area contributed by atoms with E-state index in [2.05, 4.69) is 24.7 Å². The molecule has 2 aliphatic rings. The number of aliphatic imine (C=N–C) groups is 2. The van der Waals surface area contributed by atoms with Crippen molar-refractivity contribution >= 4 is 23.9 Å². The van der Waals surface area contributed by atoms with Crippen molar-refractivity contribution in [3.8, 4) is 0 Å². The summed E-state index contributed by atoms with van der Waals surface area (Å²) in [5.41, 5.74) is 2.45. The van der Waals surface area contributed by atoms with E-state index in [4.69, 9.17) is 27.9 Å². The van der Waals surface area contributed by atoms with Crippen LogP contribution in [0.4, 0.5) is 0 Å². The highest BCUT2D eigenvalue weighted by Gasteiger charge is 2.29. The van der Waals surface area contributed by atoms with Crippen molar-refractivity contribution in [2.75, 3.05) is 20.3 Å². The molecule has 34 heavy (non-hydrogen) atoms. The SMILES string of the molecule is COC(=O)c1coc(C2COC(c3cccc(C4=NC(c5nc(C)co5)CO4)c3)=N2)n1.O=C=O. The van der Waals surface area contributed by atoms with Gasteiger partial charge in [0.25, 0.3) is 0 Å². The van der Waals surface area contributed by atoms with Crippen molar-refractivity contribution in [1.82, 2.24) is 9.97 Å². The zero-order valence-electron chi connectivity index (χ0n) is 18.1. The molecular formula is C22H18N4O8. The van der Waals surface area contributed by atoms with Gasteiger partial charge in [-0.15, -0.1) is 0 Å². The Balaban J connectivity index is 0.000000868. The van der Waals surface area contributed by atoms with Gasteiger partial charge < -0.3 is 23.0 Å². The van der Waals surface area contributed by atoms with Crippen LogP contribution in [0, 0.1) is 6.92 Å². The third kappa shape index (κ3) is 4.76. The summed E-state index contributed by atoms with van der Waals surface area (Å²) in [5, 5.41) is 0. The molecule has 1 aromatic carbocycles. The number of oxazole rings is 2. The molecule has 0 bridgehead atoms. The molecule has 2 atom stereocenters. The number of nitrogens with zero attached hydrogens (tertiary/aromatic N) is 4. The molecule has 0 saturated heterocycles. The van der Waals surface area contributed by atoms with Gasteiger partial charge in [-0.3, -0.25) is 0 Å². The first-order valence-electron chi connectivity index (χ1n) is 9.99. The van der Waals surface area contributed by atoms with E-state index in [0.717, 1.165) is 16.8 Å². The van der Waals surface area contributed by atoms with Gasteiger partial charge in [-0.1, -0.05) is 6.07 Å². The Morgan fingerprint density at radius 1 is 0.971 bits per heavy atom. The van der Waals surface area contributed by atoms with Crippen LogP contribution in [0.2, 0.25) is 0 Å². The van der Waals surface area contributed by atoms with Crippen LogP contribution in [-0.2, 0) is 23.8 Å². The molecule has 0 saturated carbocycles. The summed E-state index contributed by atoms with van der Waals surface area (Å²) in [6.45, 7) is 2.48. The molecule has 0 radical (unpaired) electrons. The van der Waals surface area contributed by atoms with Crippen molar-refractivity contribution in [2.45, 2.75) is 19.0 Å². The first-order valence-corrected chi connectivity index (χ1v) is 9.99. The first-order chi connectivity index (χ1) is 16.5. The highest BCUT2D eigenvalue weighted by molar-refractivity contribution is 6.00. The molecule has 0 spiro atoms. The molecule has 2 aromatic heterocycles. The predicted octanol–water partition coefficient (Wildman–Crippen LogP) is 2.21. The van der Waals surface area contributed by atoms with Gasteiger partial charge >= 0.3 is 12.1 Å². The molecule has 4 heterocycles. The van der Waals surface area contributed by atoms with E-state index in [1.165, 1.54) is 13.4 Å². The molecule has 5 rings (SSSR count). The van der Waals surface area contributed by atoms with Gasteiger partial charge in [0, 0.05) is 11.1 Å². The lowest BCUT2D eigenvalue weighted by molar-refractivity contribution is -0.191. The number of ether oxygens (including phenoxy) is 3. The molecule has 12 nitrogen and oxygen atoms in total. The van der Waals surface area contributed by atoms with Gasteiger partial charge in [-0.2, -0.15) is 9.59 Å². The lowest BCUT2D eigenvalue weighted by Gasteiger charge is -2.05. The van der Waals surface area contributed by atoms with Crippen molar-refractivity contribution in [3.63, 3.8) is 0 Å². The largest absolute Gasteiger partial charge is 0.475 e. The van der Waals surface area contributed by atoms with Crippen molar-refractivity contribution in [3.05, 3.63) is 71.1 Å². The van der Waals surface area contributed by atoms with Gasteiger partial charge in [-0.05, 0) is 25.1 Å². The van der Waals surface area contributed by atoms with E-state index in [1.807, 2.05) is 31.2 Å². The fraction of sp³-hybridized carbons (Fsp3) is 0.273. The average molecular weight is 466 g/mol. The molecule has 12 heteroatoms. The number of carbonyl (C=O) groups is 1. The Morgan fingerprint density at radius 3 is 2.06 bits per heavy atom. The molecular weight excluding hydrogens is 448 g/mol. The van der Waals surface area contributed by atoms with Crippen LogP contribution in [0.5, 0.6) is 0 Å². The Labute approximate surface area is 192 Å². The smallest absolute Gasteiger partial charge is 0.373 e. The number of benzene rings is 1. The van der Waals surface area contributed by atoms with E-state index < -0.39 is 12.0 Å². The van der Waals surface area contributed by atoms with Crippen LogP contribution in [0.25, 0.3) is 0 Å². The van der Waals surface area contributed by atoms with Gasteiger partial charge in [0.2, 0.25) is 23.6 Å². The molecule has 174 valence electrons. The monoisotopic (exact) mass is 466 g/mol. The zero-order chi connectivity index (χ0) is 24.1. The topological polar surface area (TPSA) is 156 Å². The maximum absolute atomic E-state index is 11.6. The standard InChI is InChI=1S/C21H18N4O6.CO2/c1-11-7-28-19(22-11)14-8-29-17(23-14)12-4-3-5-13(6-12)18-24-15(9-30-18)20-25-16(10-31-20)21(26)27-2;2-1-3/h3-7,10,14-15H,8-9H2,1-2H3;. The van der Waals surface area contributed by atoms with E-state index in [1.54, 1.807) is 6.26 Å². The molecule has 3 aromatic rings. The van der Waals surface area contributed by atoms with Crippen LogP contribution in [0.15, 0.2) is 55.6 Å². The van der Waals surface area contributed by atoms with E-state index in [-0.39, 0.29) is 24.5 Å². The number of methoxy groups -OCH3 is 1. The van der Waals surface area contributed by atoms with E-state index in [0.29, 0.717) is 30.2 Å². The lowest BCUT2D eigenvalue weighted by Crippen LogP contribution is -2.06. The average Bonchev–Trinajstić information content (AvgIpc) is 3.65. The summed E-state index contributed by atoms with van der Waals surface area (Å²) in [7, 11) is 1.28. The Kier molecular flexibility index (Phi) is 6.60. The second-order valence-electron chi connectivity index (χ2n) is 7.08. The number of hydrogen-bond acceptors (Lipinski definition) is 12. The highest BCUT2D eigenvalue weighted by Crippen LogP contribution is 2.27. The Morgan fingerprint density at radius 2 is 1.53 bits per heavy atom. The maximum atomic E-state index is 11.6. The zero-order valence-corrected chi connectivity index (χ0v) is 18.1. The summed E-state index contributed by atoms with van der Waals surface area (Å²) < 4.78 is 26.9. The van der Waals surface area contributed by atoms with Crippen LogP contribution < -0.4 is 0 Å². The summed E-state index contributed by atoms with van der Waals surface area (Å²) >= 11 is 0. The van der Waals surface area contributed by atoms with Crippen LogP contribution >= 0.6 is 0 Å². The van der Waals surface area contributed by atoms with Gasteiger partial charge in [0.1, 0.15) is 25.7 Å². The minimum absolute atomic E-state index is 0.0929. The summed E-state index contributed by atoms with van der Waals surface area (Å²) in [6, 6.07) is 6.82. The Bertz CT molecular complexity index is 1290. The quantitative estimate of drug-likeness (QED) is 0.511. The summed E-state index contributed by atoms with van der Waals surface area (Å²) in [6.07, 6.45) is 3.09. The van der Waals surface area contributed by atoms with Gasteiger partial charge in [0.15, 0.2) is 17.8 Å². The molecule has 0 fully saturated rings. The Hall–Kier alpha value is -4.57. The molecule has 0 amide bonds. The fourth-order valence-electron chi connectivity index (χ4n) is 3.27. The van der Waals surface area contributed by atoms with Crippen molar-refractivity contribution in [2.24, 2.45) is 9.98 Å². The lowest BCUT2D eigenvalue weighted by atomic mass is 10.1. The third-order valence-electron chi connectivity index (χ3n) is 4.78. The number of aromatic nitrogens is 2.